The van der Waals surface area contributed by atoms with Crippen molar-refractivity contribution in [2.45, 2.75) is 23.2 Å². The van der Waals surface area contributed by atoms with Crippen molar-refractivity contribution >= 4 is 23.4 Å². The lowest BCUT2D eigenvalue weighted by Crippen LogP contribution is -2.31. The molecule has 88 valence electrons. The van der Waals surface area contributed by atoms with Gasteiger partial charge in [-0.15, -0.1) is 11.8 Å². The molecule has 0 aromatic heterocycles. The first-order valence-corrected chi connectivity index (χ1v) is 6.39. The highest BCUT2D eigenvalue weighted by Gasteiger charge is 2.34. The number of halogens is 1. The van der Waals surface area contributed by atoms with E-state index in [-0.39, 0.29) is 12.7 Å². The van der Waals surface area contributed by atoms with E-state index in [1.165, 1.54) is 0 Å². The number of benzene rings is 1. The van der Waals surface area contributed by atoms with Crippen LogP contribution in [0.4, 0.5) is 0 Å². The third-order valence-electron chi connectivity index (χ3n) is 2.47. The Kier molecular flexibility index (Phi) is 4.10. The summed E-state index contributed by atoms with van der Waals surface area (Å²) in [6, 6.07) is 7.51. The highest BCUT2D eigenvalue weighted by molar-refractivity contribution is 7.99. The van der Waals surface area contributed by atoms with Gasteiger partial charge in [-0.2, -0.15) is 0 Å². The Labute approximate surface area is 103 Å². The van der Waals surface area contributed by atoms with Crippen molar-refractivity contribution < 1.29 is 14.9 Å². The zero-order chi connectivity index (χ0) is 11.5. The average molecular weight is 261 g/mol. The molecule has 0 radical (unpaired) electrons. The van der Waals surface area contributed by atoms with Crippen LogP contribution in [0.15, 0.2) is 29.2 Å². The zero-order valence-electron chi connectivity index (χ0n) is 8.54. The molecular weight excluding hydrogens is 248 g/mol. The van der Waals surface area contributed by atoms with E-state index in [1.54, 1.807) is 11.8 Å². The lowest BCUT2D eigenvalue weighted by atomic mass is 10.2. The van der Waals surface area contributed by atoms with Crippen LogP contribution >= 0.6 is 23.4 Å². The molecule has 5 heteroatoms. The van der Waals surface area contributed by atoms with Gasteiger partial charge in [0, 0.05) is 15.7 Å². The molecule has 16 heavy (non-hydrogen) atoms. The maximum absolute atomic E-state index is 9.58. The monoisotopic (exact) mass is 260 g/mol. The van der Waals surface area contributed by atoms with Gasteiger partial charge in [-0.1, -0.05) is 17.7 Å². The second-order valence-electron chi connectivity index (χ2n) is 3.70. The van der Waals surface area contributed by atoms with Crippen LogP contribution in [0.3, 0.4) is 0 Å². The van der Waals surface area contributed by atoms with E-state index in [4.69, 9.17) is 16.3 Å². The van der Waals surface area contributed by atoms with Gasteiger partial charge in [-0.05, 0) is 18.2 Å². The van der Waals surface area contributed by atoms with Crippen LogP contribution in [-0.4, -0.2) is 40.9 Å². The lowest BCUT2D eigenvalue weighted by Gasteiger charge is -2.14. The standard InChI is InChI=1S/C11H13ClO3S/c12-7-2-1-3-8(4-7)16-6-10-11(14)9(13)5-15-10/h1-4,9-11,13-14H,5-6H2. The maximum atomic E-state index is 9.58. The predicted octanol–water partition coefficient (Wildman–Crippen LogP) is 1.55. The number of aliphatic hydroxyl groups is 2. The van der Waals surface area contributed by atoms with Gasteiger partial charge in [-0.3, -0.25) is 0 Å². The third kappa shape index (κ3) is 2.90. The maximum Gasteiger partial charge on any atom is 0.109 e. The Balaban J connectivity index is 1.88. The highest BCUT2D eigenvalue weighted by atomic mass is 35.5. The van der Waals surface area contributed by atoms with Crippen LogP contribution in [0.5, 0.6) is 0 Å². The van der Waals surface area contributed by atoms with Crippen molar-refractivity contribution in [2.24, 2.45) is 0 Å². The lowest BCUT2D eigenvalue weighted by molar-refractivity contribution is 0.0337. The molecule has 3 nitrogen and oxygen atoms in total. The van der Waals surface area contributed by atoms with E-state index in [1.807, 2.05) is 24.3 Å². The van der Waals surface area contributed by atoms with E-state index < -0.39 is 12.2 Å². The van der Waals surface area contributed by atoms with Crippen LogP contribution in [-0.2, 0) is 4.74 Å². The summed E-state index contributed by atoms with van der Waals surface area (Å²) in [6.07, 6.45) is -1.85. The number of ether oxygens (including phenoxy) is 1. The van der Waals surface area contributed by atoms with Crippen LogP contribution in [0, 0.1) is 0 Å². The minimum Gasteiger partial charge on any atom is -0.388 e. The van der Waals surface area contributed by atoms with Gasteiger partial charge in [0.05, 0.1) is 12.7 Å². The molecule has 2 N–H and O–H groups in total. The van der Waals surface area contributed by atoms with Crippen molar-refractivity contribution in [3.8, 4) is 0 Å². The van der Waals surface area contributed by atoms with Crippen molar-refractivity contribution in [1.82, 2.24) is 0 Å². The summed E-state index contributed by atoms with van der Waals surface area (Å²) in [5.74, 6) is 0.610. The minimum absolute atomic E-state index is 0.210. The Morgan fingerprint density at radius 1 is 1.44 bits per heavy atom. The molecule has 1 aromatic carbocycles. The topological polar surface area (TPSA) is 49.7 Å². The summed E-state index contributed by atoms with van der Waals surface area (Å²) in [7, 11) is 0. The van der Waals surface area contributed by atoms with E-state index in [0.717, 1.165) is 4.90 Å². The molecule has 0 amide bonds. The number of thioether (sulfide) groups is 1. The van der Waals surface area contributed by atoms with Crippen molar-refractivity contribution in [2.75, 3.05) is 12.4 Å². The summed E-state index contributed by atoms with van der Waals surface area (Å²) >= 11 is 7.42. The second-order valence-corrected chi connectivity index (χ2v) is 5.23. The van der Waals surface area contributed by atoms with Gasteiger partial charge in [0.2, 0.25) is 0 Å². The van der Waals surface area contributed by atoms with Crippen LogP contribution < -0.4 is 0 Å². The van der Waals surface area contributed by atoms with Gasteiger partial charge in [0.1, 0.15) is 12.2 Å². The van der Waals surface area contributed by atoms with Crippen molar-refractivity contribution in [1.29, 1.82) is 0 Å². The molecule has 0 aliphatic carbocycles. The molecule has 0 spiro atoms. The normalized spacial score (nSPS) is 29.6. The van der Waals surface area contributed by atoms with Gasteiger partial charge >= 0.3 is 0 Å². The molecule has 1 heterocycles. The van der Waals surface area contributed by atoms with Crippen molar-refractivity contribution in [3.63, 3.8) is 0 Å². The molecule has 3 unspecified atom stereocenters. The molecule has 1 aliphatic rings. The SMILES string of the molecule is OC1COC(CSc2cccc(Cl)c2)C1O. The van der Waals surface area contributed by atoms with E-state index in [0.29, 0.717) is 10.8 Å². The fraction of sp³-hybridized carbons (Fsp3) is 0.455. The van der Waals surface area contributed by atoms with Crippen LogP contribution in [0.1, 0.15) is 0 Å². The third-order valence-corrected chi connectivity index (χ3v) is 3.78. The summed E-state index contributed by atoms with van der Waals surface area (Å²) in [5, 5.41) is 19.6. The van der Waals surface area contributed by atoms with Gasteiger partial charge in [0.15, 0.2) is 0 Å². The van der Waals surface area contributed by atoms with E-state index >= 15 is 0 Å². The van der Waals surface area contributed by atoms with Crippen LogP contribution in [0.25, 0.3) is 0 Å². The first-order chi connectivity index (χ1) is 7.66. The first-order valence-electron chi connectivity index (χ1n) is 5.03. The Morgan fingerprint density at radius 2 is 2.25 bits per heavy atom. The fourth-order valence-electron chi connectivity index (χ4n) is 1.55. The molecule has 2 rings (SSSR count). The second kappa shape index (κ2) is 5.38. The quantitative estimate of drug-likeness (QED) is 0.810. The molecule has 1 saturated heterocycles. The Hall–Kier alpha value is -0.260. The van der Waals surface area contributed by atoms with Gasteiger partial charge in [-0.25, -0.2) is 0 Å². The van der Waals surface area contributed by atoms with Gasteiger partial charge < -0.3 is 14.9 Å². The van der Waals surface area contributed by atoms with E-state index in [2.05, 4.69) is 0 Å². The first kappa shape index (κ1) is 12.2. The average Bonchev–Trinajstić information content (AvgIpc) is 2.57. The van der Waals surface area contributed by atoms with E-state index in [9.17, 15) is 10.2 Å². The van der Waals surface area contributed by atoms with Crippen molar-refractivity contribution in [3.05, 3.63) is 29.3 Å². The summed E-state index contributed by atoms with van der Waals surface area (Å²) in [5.41, 5.74) is 0. The molecule has 1 fully saturated rings. The number of rotatable bonds is 3. The Bertz CT molecular complexity index is 361. The molecule has 1 aromatic rings. The summed E-state index contributed by atoms with van der Waals surface area (Å²) in [4.78, 5) is 1.03. The molecule has 1 aliphatic heterocycles. The summed E-state index contributed by atoms with van der Waals surface area (Å²) in [6.45, 7) is 0.210. The molecular formula is C11H13ClO3S. The molecule has 3 atom stereocenters. The highest BCUT2D eigenvalue weighted by Crippen LogP contribution is 2.26. The summed E-state index contributed by atoms with van der Waals surface area (Å²) < 4.78 is 5.28. The zero-order valence-corrected chi connectivity index (χ0v) is 10.1. The molecule has 0 saturated carbocycles. The Morgan fingerprint density at radius 3 is 2.88 bits per heavy atom. The largest absolute Gasteiger partial charge is 0.388 e. The number of aliphatic hydroxyl groups excluding tert-OH is 2. The molecule has 0 bridgehead atoms. The predicted molar refractivity (Wildman–Crippen MR) is 63.9 cm³/mol. The minimum atomic E-state index is -0.785. The smallest absolute Gasteiger partial charge is 0.109 e. The number of hydrogen-bond donors (Lipinski definition) is 2. The number of hydrogen-bond acceptors (Lipinski definition) is 4. The van der Waals surface area contributed by atoms with Crippen LogP contribution in [0.2, 0.25) is 5.02 Å². The fourth-order valence-corrected chi connectivity index (χ4v) is 2.84. The van der Waals surface area contributed by atoms with Gasteiger partial charge in [0.25, 0.3) is 0 Å².